The molecule has 0 bridgehead atoms. The van der Waals surface area contributed by atoms with Crippen LogP contribution in [0.3, 0.4) is 0 Å². The molecule has 136 valence electrons. The molecule has 25 heavy (non-hydrogen) atoms. The van der Waals surface area contributed by atoms with Crippen LogP contribution >= 0.6 is 0 Å². The van der Waals surface area contributed by atoms with E-state index in [0.717, 1.165) is 44.7 Å². The van der Waals surface area contributed by atoms with Crippen LogP contribution in [-0.4, -0.2) is 61.0 Å². The summed E-state index contributed by atoms with van der Waals surface area (Å²) >= 11 is 0. The maximum Gasteiger partial charge on any atom is 0.254 e. The molecule has 1 amide bonds. The second-order valence-corrected chi connectivity index (χ2v) is 7.96. The Hall–Kier alpha value is -1.55. The first kappa shape index (κ1) is 16.9. The van der Waals surface area contributed by atoms with Gasteiger partial charge in [0.2, 0.25) is 0 Å². The van der Waals surface area contributed by atoms with Crippen LogP contribution in [0.25, 0.3) is 0 Å². The molecule has 3 aliphatic rings. The number of carbonyl (C=O) groups is 1. The number of rotatable bonds is 4. The van der Waals surface area contributed by atoms with E-state index in [-0.39, 0.29) is 5.91 Å². The maximum absolute atomic E-state index is 12.9. The van der Waals surface area contributed by atoms with Gasteiger partial charge in [-0.1, -0.05) is 0 Å². The standard InChI is InChI=1S/C21H31N3O/c1-17-6-5-12-22(17)14-15-24-13-9-18-16-19(7-8-20(18)21(24)25)23-10-3-2-4-11-23/h7-8,16-17H,2-6,9-15H2,1H3/t17-/m1/s1. The Bertz CT molecular complexity index is 624. The molecule has 0 radical (unpaired) electrons. The number of fused-ring (bicyclic) bond motifs is 1. The molecule has 0 aromatic heterocycles. The van der Waals surface area contributed by atoms with Gasteiger partial charge in [0.05, 0.1) is 0 Å². The number of amides is 1. The lowest BCUT2D eigenvalue weighted by Gasteiger charge is -2.33. The lowest BCUT2D eigenvalue weighted by Crippen LogP contribution is -2.43. The molecule has 4 nitrogen and oxygen atoms in total. The van der Waals surface area contributed by atoms with E-state index < -0.39 is 0 Å². The number of hydrogen-bond acceptors (Lipinski definition) is 3. The van der Waals surface area contributed by atoms with Crippen LogP contribution in [0.5, 0.6) is 0 Å². The van der Waals surface area contributed by atoms with Crippen molar-refractivity contribution >= 4 is 11.6 Å². The Morgan fingerprint density at radius 2 is 1.84 bits per heavy atom. The highest BCUT2D eigenvalue weighted by Gasteiger charge is 2.27. The van der Waals surface area contributed by atoms with Crippen LogP contribution in [0, 0.1) is 0 Å². The number of likely N-dealkylation sites (tertiary alicyclic amines) is 1. The van der Waals surface area contributed by atoms with E-state index >= 15 is 0 Å². The molecule has 0 unspecified atom stereocenters. The second-order valence-electron chi connectivity index (χ2n) is 7.96. The highest BCUT2D eigenvalue weighted by atomic mass is 16.2. The molecule has 4 rings (SSSR count). The van der Waals surface area contributed by atoms with Gasteiger partial charge in [0.25, 0.3) is 5.91 Å². The SMILES string of the molecule is C[C@@H]1CCCN1CCN1CCc2cc(N3CCCCC3)ccc2C1=O. The molecular formula is C21H31N3O. The first-order valence-corrected chi connectivity index (χ1v) is 10.1. The molecule has 1 aromatic carbocycles. The third-order valence-electron chi connectivity index (χ3n) is 6.33. The minimum atomic E-state index is 0.235. The zero-order valence-corrected chi connectivity index (χ0v) is 15.5. The molecule has 0 saturated carbocycles. The van der Waals surface area contributed by atoms with E-state index in [1.807, 2.05) is 0 Å². The summed E-state index contributed by atoms with van der Waals surface area (Å²) in [6, 6.07) is 7.19. The van der Waals surface area contributed by atoms with Gasteiger partial charge in [-0.25, -0.2) is 0 Å². The lowest BCUT2D eigenvalue weighted by atomic mass is 9.97. The molecule has 1 atom stereocenters. The van der Waals surface area contributed by atoms with Gasteiger partial charge in [0, 0.05) is 50.0 Å². The van der Waals surface area contributed by atoms with Crippen molar-refractivity contribution in [1.29, 1.82) is 0 Å². The normalized spacial score (nSPS) is 24.7. The number of hydrogen-bond donors (Lipinski definition) is 0. The molecule has 1 aromatic rings. The minimum Gasteiger partial charge on any atom is -0.372 e. The second kappa shape index (κ2) is 7.36. The van der Waals surface area contributed by atoms with Crippen molar-refractivity contribution in [3.8, 4) is 0 Å². The van der Waals surface area contributed by atoms with Crippen molar-refractivity contribution < 1.29 is 4.79 Å². The Kier molecular flexibility index (Phi) is 4.98. The Morgan fingerprint density at radius 1 is 1.00 bits per heavy atom. The van der Waals surface area contributed by atoms with Crippen LogP contribution in [-0.2, 0) is 6.42 Å². The lowest BCUT2D eigenvalue weighted by molar-refractivity contribution is 0.0717. The zero-order chi connectivity index (χ0) is 17.2. The number of benzene rings is 1. The Balaban J connectivity index is 1.41. The van der Waals surface area contributed by atoms with Gasteiger partial charge < -0.3 is 9.80 Å². The van der Waals surface area contributed by atoms with Gasteiger partial charge in [-0.05, 0) is 75.8 Å². The van der Waals surface area contributed by atoms with Crippen molar-refractivity contribution in [2.45, 2.75) is 51.5 Å². The van der Waals surface area contributed by atoms with Crippen LogP contribution in [0.1, 0.15) is 54.9 Å². The van der Waals surface area contributed by atoms with E-state index in [4.69, 9.17) is 0 Å². The molecule has 0 spiro atoms. The van der Waals surface area contributed by atoms with Crippen LogP contribution in [0.15, 0.2) is 18.2 Å². The highest BCUT2D eigenvalue weighted by Crippen LogP contribution is 2.27. The van der Waals surface area contributed by atoms with Gasteiger partial charge in [0.15, 0.2) is 0 Å². The maximum atomic E-state index is 12.9. The zero-order valence-electron chi connectivity index (χ0n) is 15.5. The third-order valence-corrected chi connectivity index (χ3v) is 6.33. The molecule has 3 heterocycles. The van der Waals surface area contributed by atoms with Crippen molar-refractivity contribution in [2.24, 2.45) is 0 Å². The summed E-state index contributed by atoms with van der Waals surface area (Å²) in [6.07, 6.45) is 7.54. The van der Waals surface area contributed by atoms with Crippen molar-refractivity contribution in [3.63, 3.8) is 0 Å². The quantitative estimate of drug-likeness (QED) is 0.842. The van der Waals surface area contributed by atoms with Gasteiger partial charge >= 0.3 is 0 Å². The number of nitrogens with zero attached hydrogens (tertiary/aromatic N) is 3. The molecule has 4 heteroatoms. The fourth-order valence-corrected chi connectivity index (χ4v) is 4.66. The van der Waals surface area contributed by atoms with Crippen molar-refractivity contribution in [2.75, 3.05) is 44.2 Å². The number of piperidine rings is 1. The monoisotopic (exact) mass is 341 g/mol. The van der Waals surface area contributed by atoms with E-state index in [0.29, 0.717) is 6.04 Å². The molecule has 3 aliphatic heterocycles. The number of carbonyl (C=O) groups excluding carboxylic acids is 1. The smallest absolute Gasteiger partial charge is 0.254 e. The largest absolute Gasteiger partial charge is 0.372 e. The summed E-state index contributed by atoms with van der Waals surface area (Å²) in [5.74, 6) is 0.235. The first-order valence-electron chi connectivity index (χ1n) is 10.1. The average molecular weight is 341 g/mol. The summed E-state index contributed by atoms with van der Waals surface area (Å²) in [5, 5.41) is 0. The molecule has 0 aliphatic carbocycles. The van der Waals surface area contributed by atoms with Gasteiger partial charge in [0.1, 0.15) is 0 Å². The average Bonchev–Trinajstić information content (AvgIpc) is 3.06. The fourth-order valence-electron chi connectivity index (χ4n) is 4.66. The van der Waals surface area contributed by atoms with E-state index in [1.165, 1.54) is 49.9 Å². The van der Waals surface area contributed by atoms with Gasteiger partial charge in [-0.3, -0.25) is 9.69 Å². The van der Waals surface area contributed by atoms with E-state index in [1.54, 1.807) is 0 Å². The fraction of sp³-hybridized carbons (Fsp3) is 0.667. The van der Waals surface area contributed by atoms with E-state index in [9.17, 15) is 4.79 Å². The summed E-state index contributed by atoms with van der Waals surface area (Å²) < 4.78 is 0. The molecule has 0 N–H and O–H groups in total. The molecule has 2 saturated heterocycles. The molecular weight excluding hydrogens is 310 g/mol. The van der Waals surface area contributed by atoms with Crippen LogP contribution < -0.4 is 4.90 Å². The van der Waals surface area contributed by atoms with Gasteiger partial charge in [-0.15, -0.1) is 0 Å². The number of anilines is 1. The Morgan fingerprint density at radius 3 is 2.60 bits per heavy atom. The first-order chi connectivity index (χ1) is 12.2. The van der Waals surface area contributed by atoms with Crippen molar-refractivity contribution in [1.82, 2.24) is 9.80 Å². The minimum absolute atomic E-state index is 0.235. The van der Waals surface area contributed by atoms with Crippen molar-refractivity contribution in [3.05, 3.63) is 29.3 Å². The highest BCUT2D eigenvalue weighted by molar-refractivity contribution is 5.97. The predicted molar refractivity (Wildman–Crippen MR) is 102 cm³/mol. The summed E-state index contributed by atoms with van der Waals surface area (Å²) in [6.45, 7) is 8.59. The third kappa shape index (κ3) is 3.55. The van der Waals surface area contributed by atoms with Crippen LogP contribution in [0.2, 0.25) is 0 Å². The predicted octanol–water partition coefficient (Wildman–Crippen LogP) is 3.16. The molecule has 2 fully saturated rings. The summed E-state index contributed by atoms with van der Waals surface area (Å²) in [5.41, 5.74) is 3.49. The van der Waals surface area contributed by atoms with Gasteiger partial charge in [-0.2, -0.15) is 0 Å². The summed E-state index contributed by atoms with van der Waals surface area (Å²) in [4.78, 5) is 20.0. The topological polar surface area (TPSA) is 26.8 Å². The van der Waals surface area contributed by atoms with E-state index in [2.05, 4.69) is 39.8 Å². The Labute approximate surface area is 151 Å². The van der Waals surface area contributed by atoms with Crippen LogP contribution in [0.4, 0.5) is 5.69 Å². The summed E-state index contributed by atoms with van der Waals surface area (Å²) in [7, 11) is 0.